The molecule has 0 saturated heterocycles. The molecule has 1 aromatic heterocycles. The van der Waals surface area contributed by atoms with Gasteiger partial charge in [-0.3, -0.25) is 4.68 Å². The Kier molecular flexibility index (Phi) is 1.25. The Morgan fingerprint density at radius 3 is 3.00 bits per heavy atom. The highest BCUT2D eigenvalue weighted by Gasteiger charge is 2.28. The summed E-state index contributed by atoms with van der Waals surface area (Å²) in [6.07, 6.45) is 9.64. The van der Waals surface area contributed by atoms with Crippen molar-refractivity contribution >= 4 is 0 Å². The SMILES string of the molecule is C#Cc1cnn(C)c1C1CC1. The lowest BCUT2D eigenvalue weighted by atomic mass is 10.2. The number of terminal acetylenes is 1. The molecule has 0 N–H and O–H groups in total. The fraction of sp³-hybridized carbons (Fsp3) is 0.444. The predicted molar refractivity (Wildman–Crippen MR) is 43.1 cm³/mol. The van der Waals surface area contributed by atoms with Gasteiger partial charge in [0.2, 0.25) is 0 Å². The van der Waals surface area contributed by atoms with Crippen LogP contribution >= 0.6 is 0 Å². The maximum Gasteiger partial charge on any atom is 0.0657 e. The molecule has 2 heteroatoms. The molecule has 0 radical (unpaired) electrons. The first-order chi connectivity index (χ1) is 5.33. The van der Waals surface area contributed by atoms with Gasteiger partial charge >= 0.3 is 0 Å². The average molecular weight is 146 g/mol. The van der Waals surface area contributed by atoms with E-state index < -0.39 is 0 Å². The van der Waals surface area contributed by atoms with Crippen molar-refractivity contribution in [2.75, 3.05) is 0 Å². The third-order valence-corrected chi connectivity index (χ3v) is 2.10. The number of hydrogen-bond acceptors (Lipinski definition) is 1. The molecular weight excluding hydrogens is 136 g/mol. The Hall–Kier alpha value is -1.23. The number of aryl methyl sites for hydroxylation is 1. The largest absolute Gasteiger partial charge is 0.271 e. The van der Waals surface area contributed by atoms with Gasteiger partial charge in [-0.05, 0) is 12.8 Å². The van der Waals surface area contributed by atoms with Crippen molar-refractivity contribution in [2.24, 2.45) is 7.05 Å². The zero-order valence-electron chi connectivity index (χ0n) is 6.54. The molecule has 1 aromatic rings. The van der Waals surface area contributed by atoms with Gasteiger partial charge in [0.05, 0.1) is 17.5 Å². The van der Waals surface area contributed by atoms with Crippen LogP contribution in [-0.4, -0.2) is 9.78 Å². The summed E-state index contributed by atoms with van der Waals surface area (Å²) in [5.74, 6) is 3.34. The van der Waals surface area contributed by atoms with E-state index in [-0.39, 0.29) is 0 Å². The number of nitrogens with zero attached hydrogens (tertiary/aromatic N) is 2. The average Bonchev–Trinajstić information content (AvgIpc) is 2.76. The van der Waals surface area contributed by atoms with Crippen LogP contribution in [0.15, 0.2) is 6.20 Å². The Morgan fingerprint density at radius 2 is 2.45 bits per heavy atom. The molecule has 11 heavy (non-hydrogen) atoms. The van der Waals surface area contributed by atoms with E-state index in [1.807, 2.05) is 11.7 Å². The van der Waals surface area contributed by atoms with E-state index >= 15 is 0 Å². The zero-order chi connectivity index (χ0) is 7.84. The lowest BCUT2D eigenvalue weighted by molar-refractivity contribution is 0.713. The van der Waals surface area contributed by atoms with Crippen LogP contribution in [0, 0.1) is 12.3 Å². The van der Waals surface area contributed by atoms with Crippen LogP contribution in [0.1, 0.15) is 30.0 Å². The number of hydrogen-bond donors (Lipinski definition) is 0. The summed E-state index contributed by atoms with van der Waals surface area (Å²) in [4.78, 5) is 0. The minimum absolute atomic E-state index is 0.688. The van der Waals surface area contributed by atoms with E-state index in [1.165, 1.54) is 18.5 Å². The van der Waals surface area contributed by atoms with Crippen molar-refractivity contribution in [3.05, 3.63) is 17.5 Å². The van der Waals surface area contributed by atoms with Crippen LogP contribution < -0.4 is 0 Å². The van der Waals surface area contributed by atoms with Crippen molar-refractivity contribution in [1.82, 2.24) is 9.78 Å². The fourth-order valence-electron chi connectivity index (χ4n) is 1.40. The summed E-state index contributed by atoms with van der Waals surface area (Å²) in [5.41, 5.74) is 2.21. The molecule has 1 fully saturated rings. The molecule has 1 heterocycles. The minimum atomic E-state index is 0.688. The van der Waals surface area contributed by atoms with Crippen molar-refractivity contribution in [3.63, 3.8) is 0 Å². The summed E-state index contributed by atoms with van der Waals surface area (Å²) in [6, 6.07) is 0. The summed E-state index contributed by atoms with van der Waals surface area (Å²) < 4.78 is 1.90. The van der Waals surface area contributed by atoms with Gasteiger partial charge in [0.15, 0.2) is 0 Å². The molecular formula is C9H10N2. The molecule has 56 valence electrons. The second-order valence-electron chi connectivity index (χ2n) is 2.99. The zero-order valence-corrected chi connectivity index (χ0v) is 6.54. The summed E-state index contributed by atoms with van der Waals surface area (Å²) in [7, 11) is 1.95. The maximum atomic E-state index is 5.33. The van der Waals surface area contributed by atoms with Gasteiger partial charge in [-0.1, -0.05) is 5.92 Å². The molecule has 2 rings (SSSR count). The van der Waals surface area contributed by atoms with Crippen LogP contribution in [0.3, 0.4) is 0 Å². The fourth-order valence-corrected chi connectivity index (χ4v) is 1.40. The van der Waals surface area contributed by atoms with Crippen molar-refractivity contribution in [1.29, 1.82) is 0 Å². The van der Waals surface area contributed by atoms with Gasteiger partial charge in [-0.15, -0.1) is 6.42 Å². The van der Waals surface area contributed by atoms with Crippen LogP contribution in [0.25, 0.3) is 0 Å². The minimum Gasteiger partial charge on any atom is -0.271 e. The molecule has 0 bridgehead atoms. The first-order valence-electron chi connectivity index (χ1n) is 3.81. The number of aromatic nitrogens is 2. The van der Waals surface area contributed by atoms with Gasteiger partial charge in [-0.25, -0.2) is 0 Å². The first kappa shape index (κ1) is 6.48. The molecule has 1 saturated carbocycles. The van der Waals surface area contributed by atoms with Gasteiger partial charge in [-0.2, -0.15) is 5.10 Å². The monoisotopic (exact) mass is 146 g/mol. The summed E-state index contributed by atoms with van der Waals surface area (Å²) in [6.45, 7) is 0. The Bertz CT molecular complexity index is 313. The Morgan fingerprint density at radius 1 is 1.73 bits per heavy atom. The van der Waals surface area contributed by atoms with Gasteiger partial charge in [0.25, 0.3) is 0 Å². The highest BCUT2D eigenvalue weighted by Crippen LogP contribution is 2.40. The van der Waals surface area contributed by atoms with E-state index in [1.54, 1.807) is 6.20 Å². The molecule has 2 nitrogen and oxygen atoms in total. The van der Waals surface area contributed by atoms with Crippen LogP contribution in [0.4, 0.5) is 0 Å². The molecule has 1 aliphatic carbocycles. The highest BCUT2D eigenvalue weighted by atomic mass is 15.3. The molecule has 0 aromatic carbocycles. The third kappa shape index (κ3) is 0.932. The third-order valence-electron chi connectivity index (χ3n) is 2.10. The smallest absolute Gasteiger partial charge is 0.0657 e. The highest BCUT2D eigenvalue weighted by molar-refractivity contribution is 5.38. The van der Waals surface area contributed by atoms with E-state index in [2.05, 4.69) is 11.0 Å². The van der Waals surface area contributed by atoms with Crippen LogP contribution in [0.2, 0.25) is 0 Å². The lowest BCUT2D eigenvalue weighted by Crippen LogP contribution is -1.96. The Labute approximate surface area is 66.2 Å². The maximum absolute atomic E-state index is 5.33. The standard InChI is InChI=1S/C9H10N2/c1-3-7-6-10-11(2)9(7)8-4-5-8/h1,6,8H,4-5H2,2H3. The quantitative estimate of drug-likeness (QED) is 0.546. The molecule has 0 unspecified atom stereocenters. The van der Waals surface area contributed by atoms with Crippen molar-refractivity contribution in [2.45, 2.75) is 18.8 Å². The summed E-state index contributed by atoms with van der Waals surface area (Å²) >= 11 is 0. The van der Waals surface area contributed by atoms with Gasteiger partial charge in [0, 0.05) is 13.0 Å². The van der Waals surface area contributed by atoms with Gasteiger partial charge in [0.1, 0.15) is 0 Å². The Balaban J connectivity index is 2.48. The molecule has 0 spiro atoms. The molecule has 0 atom stereocenters. The second-order valence-corrected chi connectivity index (χ2v) is 2.99. The molecule has 0 amide bonds. The van der Waals surface area contributed by atoms with Crippen LogP contribution in [-0.2, 0) is 7.05 Å². The predicted octanol–water partition coefficient (Wildman–Crippen LogP) is 1.28. The number of rotatable bonds is 1. The second kappa shape index (κ2) is 2.13. The first-order valence-corrected chi connectivity index (χ1v) is 3.81. The van der Waals surface area contributed by atoms with Crippen LogP contribution in [0.5, 0.6) is 0 Å². The van der Waals surface area contributed by atoms with Crippen molar-refractivity contribution in [3.8, 4) is 12.3 Å². The lowest BCUT2D eigenvalue weighted by Gasteiger charge is -1.98. The normalized spacial score (nSPS) is 16.4. The molecule has 0 aliphatic heterocycles. The van der Waals surface area contributed by atoms with E-state index in [0.717, 1.165) is 5.56 Å². The molecule has 1 aliphatic rings. The summed E-state index contributed by atoms with van der Waals surface area (Å²) in [5, 5.41) is 4.12. The van der Waals surface area contributed by atoms with E-state index in [9.17, 15) is 0 Å². The topological polar surface area (TPSA) is 17.8 Å². The van der Waals surface area contributed by atoms with E-state index in [0.29, 0.717) is 5.92 Å². The van der Waals surface area contributed by atoms with Crippen molar-refractivity contribution < 1.29 is 0 Å². The van der Waals surface area contributed by atoms with E-state index in [4.69, 9.17) is 6.42 Å². The van der Waals surface area contributed by atoms with Gasteiger partial charge < -0.3 is 0 Å².